The number of nitrogens with zero attached hydrogens (tertiary/aromatic N) is 3. The Morgan fingerprint density at radius 2 is 2.15 bits per heavy atom. The molecule has 0 saturated heterocycles. The third-order valence-electron chi connectivity index (χ3n) is 2.57. The first-order chi connectivity index (χ1) is 9.61. The monoisotopic (exact) mass is 274 g/mol. The van der Waals surface area contributed by atoms with Crippen LogP contribution in [-0.4, -0.2) is 21.4 Å². The van der Waals surface area contributed by atoms with Gasteiger partial charge in [0.05, 0.1) is 4.92 Å². The van der Waals surface area contributed by atoms with Crippen molar-refractivity contribution >= 4 is 11.6 Å². The lowest BCUT2D eigenvalue weighted by atomic mass is 10.2. The molecule has 2 rings (SSSR count). The number of aryl methyl sites for hydroxylation is 1. The van der Waals surface area contributed by atoms with E-state index < -0.39 is 4.92 Å². The summed E-state index contributed by atoms with van der Waals surface area (Å²) in [5.74, 6) is 0.744. The minimum Gasteiger partial charge on any atom is -0.433 e. The summed E-state index contributed by atoms with van der Waals surface area (Å²) < 4.78 is 5.56. The van der Waals surface area contributed by atoms with Crippen molar-refractivity contribution in [2.45, 2.75) is 13.8 Å². The first kappa shape index (κ1) is 13.7. The normalized spacial score (nSPS) is 10.1. The van der Waals surface area contributed by atoms with E-state index in [1.807, 2.05) is 26.0 Å². The molecule has 1 aromatic heterocycles. The second-order valence-corrected chi connectivity index (χ2v) is 4.04. The third-order valence-corrected chi connectivity index (χ3v) is 2.57. The van der Waals surface area contributed by atoms with E-state index in [9.17, 15) is 10.1 Å². The lowest BCUT2D eigenvalue weighted by Gasteiger charge is -2.09. The van der Waals surface area contributed by atoms with Crippen LogP contribution in [0.25, 0.3) is 0 Å². The van der Waals surface area contributed by atoms with Crippen LogP contribution in [-0.2, 0) is 0 Å². The van der Waals surface area contributed by atoms with E-state index in [4.69, 9.17) is 4.74 Å². The lowest BCUT2D eigenvalue weighted by Crippen LogP contribution is -2.05. The fraction of sp³-hybridized carbons (Fsp3) is 0.231. The van der Waals surface area contributed by atoms with Gasteiger partial charge in [0.1, 0.15) is 11.9 Å². The number of ether oxygens (including phenoxy) is 1. The van der Waals surface area contributed by atoms with Gasteiger partial charge in [-0.2, -0.15) is 4.98 Å². The Morgan fingerprint density at radius 1 is 1.40 bits per heavy atom. The van der Waals surface area contributed by atoms with Gasteiger partial charge in [-0.05, 0) is 25.5 Å². The first-order valence-electron chi connectivity index (χ1n) is 6.10. The molecule has 7 heteroatoms. The van der Waals surface area contributed by atoms with Crippen molar-refractivity contribution in [2.24, 2.45) is 0 Å². The number of nitro groups is 1. The fourth-order valence-corrected chi connectivity index (χ4v) is 1.58. The maximum absolute atomic E-state index is 11.0. The van der Waals surface area contributed by atoms with Gasteiger partial charge < -0.3 is 10.1 Å². The number of anilines is 1. The summed E-state index contributed by atoms with van der Waals surface area (Å²) in [4.78, 5) is 18.3. The average molecular weight is 274 g/mol. The molecule has 20 heavy (non-hydrogen) atoms. The summed E-state index contributed by atoms with van der Waals surface area (Å²) in [7, 11) is 0. The minimum atomic E-state index is -0.566. The SMILES string of the molecule is CCNc1ncc([N+](=O)[O-])c(Oc2ccccc2C)n1. The molecule has 2 aromatic rings. The smallest absolute Gasteiger partial charge is 0.349 e. The maximum Gasteiger partial charge on any atom is 0.349 e. The highest BCUT2D eigenvalue weighted by molar-refractivity contribution is 5.46. The molecule has 0 fully saturated rings. The van der Waals surface area contributed by atoms with Gasteiger partial charge in [0.2, 0.25) is 5.95 Å². The molecule has 1 aromatic carbocycles. The second-order valence-electron chi connectivity index (χ2n) is 4.04. The number of hydrogen-bond acceptors (Lipinski definition) is 6. The Balaban J connectivity index is 2.40. The van der Waals surface area contributed by atoms with Gasteiger partial charge in [-0.25, -0.2) is 4.98 Å². The number of rotatable bonds is 5. The topological polar surface area (TPSA) is 90.2 Å². The van der Waals surface area contributed by atoms with E-state index in [0.29, 0.717) is 18.2 Å². The summed E-state index contributed by atoms with van der Waals surface area (Å²) in [6, 6.07) is 7.24. The zero-order valence-electron chi connectivity index (χ0n) is 11.2. The average Bonchev–Trinajstić information content (AvgIpc) is 2.42. The van der Waals surface area contributed by atoms with Gasteiger partial charge in [-0.3, -0.25) is 10.1 Å². The quantitative estimate of drug-likeness (QED) is 0.666. The van der Waals surface area contributed by atoms with Crippen molar-refractivity contribution in [3.63, 3.8) is 0 Å². The summed E-state index contributed by atoms with van der Waals surface area (Å²) in [5, 5.41) is 13.9. The van der Waals surface area contributed by atoms with Crippen LogP contribution in [0.15, 0.2) is 30.5 Å². The molecule has 0 bridgehead atoms. The molecule has 104 valence electrons. The molecule has 1 heterocycles. The van der Waals surface area contributed by atoms with Crippen LogP contribution in [0.3, 0.4) is 0 Å². The molecular formula is C13H14N4O3. The molecule has 0 aliphatic carbocycles. The molecule has 0 saturated carbocycles. The van der Waals surface area contributed by atoms with Crippen molar-refractivity contribution in [1.29, 1.82) is 0 Å². The van der Waals surface area contributed by atoms with Crippen LogP contribution in [0.4, 0.5) is 11.6 Å². The summed E-state index contributed by atoms with van der Waals surface area (Å²) in [6.07, 6.45) is 1.14. The van der Waals surface area contributed by atoms with Crippen molar-refractivity contribution < 1.29 is 9.66 Å². The van der Waals surface area contributed by atoms with E-state index in [1.54, 1.807) is 12.1 Å². The molecule has 7 nitrogen and oxygen atoms in total. The highest BCUT2D eigenvalue weighted by Crippen LogP contribution is 2.30. The number of benzene rings is 1. The number of aromatic nitrogens is 2. The Bertz CT molecular complexity index is 631. The van der Waals surface area contributed by atoms with E-state index in [1.165, 1.54) is 0 Å². The van der Waals surface area contributed by atoms with Crippen LogP contribution in [0.5, 0.6) is 11.6 Å². The van der Waals surface area contributed by atoms with Crippen molar-refractivity contribution in [1.82, 2.24) is 9.97 Å². The largest absolute Gasteiger partial charge is 0.433 e. The van der Waals surface area contributed by atoms with Gasteiger partial charge in [-0.1, -0.05) is 18.2 Å². The second kappa shape index (κ2) is 5.96. The highest BCUT2D eigenvalue weighted by atomic mass is 16.6. The maximum atomic E-state index is 11.0. The lowest BCUT2D eigenvalue weighted by molar-refractivity contribution is -0.386. The van der Waals surface area contributed by atoms with Gasteiger partial charge in [0.15, 0.2) is 0 Å². The molecule has 0 aliphatic rings. The Hall–Kier alpha value is -2.70. The third kappa shape index (κ3) is 3.00. The Morgan fingerprint density at radius 3 is 2.80 bits per heavy atom. The van der Waals surface area contributed by atoms with E-state index in [-0.39, 0.29) is 11.6 Å². The van der Waals surface area contributed by atoms with Gasteiger partial charge >= 0.3 is 11.6 Å². The number of para-hydroxylation sites is 1. The zero-order chi connectivity index (χ0) is 14.5. The molecular weight excluding hydrogens is 260 g/mol. The van der Waals surface area contributed by atoms with Crippen LogP contribution in [0, 0.1) is 17.0 Å². The van der Waals surface area contributed by atoms with Crippen molar-refractivity contribution in [3.8, 4) is 11.6 Å². The molecule has 0 unspecified atom stereocenters. The van der Waals surface area contributed by atoms with Crippen molar-refractivity contribution in [2.75, 3.05) is 11.9 Å². The molecule has 0 atom stereocenters. The van der Waals surface area contributed by atoms with Gasteiger partial charge in [-0.15, -0.1) is 0 Å². The number of nitrogens with one attached hydrogen (secondary N) is 1. The fourth-order valence-electron chi connectivity index (χ4n) is 1.58. The number of hydrogen-bond donors (Lipinski definition) is 1. The highest BCUT2D eigenvalue weighted by Gasteiger charge is 2.20. The van der Waals surface area contributed by atoms with Crippen LogP contribution >= 0.6 is 0 Å². The van der Waals surface area contributed by atoms with Crippen molar-refractivity contribution in [3.05, 3.63) is 46.1 Å². The van der Waals surface area contributed by atoms with Crippen LogP contribution in [0.1, 0.15) is 12.5 Å². The van der Waals surface area contributed by atoms with E-state index >= 15 is 0 Å². The van der Waals surface area contributed by atoms with E-state index in [0.717, 1.165) is 11.8 Å². The first-order valence-corrected chi connectivity index (χ1v) is 6.10. The summed E-state index contributed by atoms with van der Waals surface area (Å²) >= 11 is 0. The molecule has 0 amide bonds. The predicted molar refractivity (Wildman–Crippen MR) is 74.1 cm³/mol. The predicted octanol–water partition coefficient (Wildman–Crippen LogP) is 2.92. The Labute approximate surface area is 115 Å². The van der Waals surface area contributed by atoms with E-state index in [2.05, 4.69) is 15.3 Å². The van der Waals surface area contributed by atoms with Crippen LogP contribution < -0.4 is 10.1 Å². The van der Waals surface area contributed by atoms with Crippen LogP contribution in [0.2, 0.25) is 0 Å². The standard InChI is InChI=1S/C13H14N4O3/c1-3-14-13-15-8-10(17(18)19)12(16-13)20-11-7-5-4-6-9(11)2/h4-8H,3H2,1-2H3,(H,14,15,16). The zero-order valence-corrected chi connectivity index (χ0v) is 11.2. The molecule has 0 aliphatic heterocycles. The molecule has 0 spiro atoms. The molecule has 1 N–H and O–H groups in total. The summed E-state index contributed by atoms with van der Waals surface area (Å²) in [6.45, 7) is 4.35. The molecule has 0 radical (unpaired) electrons. The van der Waals surface area contributed by atoms with Gasteiger partial charge in [0.25, 0.3) is 0 Å². The van der Waals surface area contributed by atoms with Gasteiger partial charge in [0, 0.05) is 6.54 Å². The minimum absolute atomic E-state index is 0.0738. The Kier molecular flexibility index (Phi) is 4.09. The summed E-state index contributed by atoms with van der Waals surface area (Å²) in [5.41, 5.74) is 0.598.